The maximum Gasteiger partial charge on any atom is 0.271 e. The molecule has 0 spiro atoms. The number of hydrogen-bond donors (Lipinski definition) is 1. The molecule has 98 valence electrons. The summed E-state index contributed by atoms with van der Waals surface area (Å²) >= 11 is 6.06. The second-order valence-electron chi connectivity index (χ2n) is 4.90. The first-order valence-corrected chi connectivity index (χ1v) is 6.66. The quantitative estimate of drug-likeness (QED) is 0.656. The van der Waals surface area contributed by atoms with Crippen LogP contribution in [-0.4, -0.2) is 11.0 Å². The summed E-state index contributed by atoms with van der Waals surface area (Å²) in [6.45, 7) is 2.15. The molecule has 0 aliphatic heterocycles. The van der Waals surface area contributed by atoms with Crippen LogP contribution in [0.1, 0.15) is 32.6 Å². The fourth-order valence-corrected chi connectivity index (χ4v) is 2.78. The molecule has 1 aromatic rings. The van der Waals surface area contributed by atoms with E-state index in [1.165, 1.54) is 37.8 Å². The summed E-state index contributed by atoms with van der Waals surface area (Å²) in [5.41, 5.74) is 0.806. The van der Waals surface area contributed by atoms with Crippen molar-refractivity contribution < 1.29 is 4.92 Å². The van der Waals surface area contributed by atoms with Gasteiger partial charge in [-0.2, -0.15) is 0 Å². The lowest BCUT2D eigenvalue weighted by Gasteiger charge is -2.22. The van der Waals surface area contributed by atoms with Gasteiger partial charge in [0.25, 0.3) is 5.69 Å². The molecule has 1 saturated carbocycles. The zero-order valence-corrected chi connectivity index (χ0v) is 11.1. The van der Waals surface area contributed by atoms with Gasteiger partial charge in [0.1, 0.15) is 0 Å². The highest BCUT2D eigenvalue weighted by Crippen LogP contribution is 2.32. The molecule has 18 heavy (non-hydrogen) atoms. The smallest absolute Gasteiger partial charge is 0.271 e. The molecule has 1 fully saturated rings. The maximum absolute atomic E-state index is 10.6. The predicted octanol–water partition coefficient (Wildman–Crippen LogP) is 4.24. The number of halogens is 1. The topological polar surface area (TPSA) is 55.2 Å². The molecule has 1 aromatic carbocycles. The van der Waals surface area contributed by atoms with Crippen molar-refractivity contribution in [2.45, 2.75) is 38.6 Å². The number of non-ortho nitro benzene ring substituents is 1. The van der Waals surface area contributed by atoms with E-state index in [-0.39, 0.29) is 5.69 Å². The van der Waals surface area contributed by atoms with Gasteiger partial charge in [0.2, 0.25) is 0 Å². The minimum Gasteiger partial charge on any atom is -0.381 e. The lowest BCUT2D eigenvalue weighted by molar-refractivity contribution is -0.384. The Balaban J connectivity index is 2.06. The third-order valence-corrected chi connectivity index (χ3v) is 3.97. The SMILES string of the molecule is CC(Nc1ccc([N+](=O)[O-])cc1Cl)C1CCCC1. The largest absolute Gasteiger partial charge is 0.381 e. The minimum absolute atomic E-state index is 0.0269. The van der Waals surface area contributed by atoms with Gasteiger partial charge in [0, 0.05) is 18.2 Å². The van der Waals surface area contributed by atoms with Crippen LogP contribution in [0.2, 0.25) is 5.02 Å². The van der Waals surface area contributed by atoms with E-state index in [0.717, 1.165) is 5.69 Å². The lowest BCUT2D eigenvalue weighted by Crippen LogP contribution is -2.23. The highest BCUT2D eigenvalue weighted by atomic mass is 35.5. The van der Waals surface area contributed by atoms with Crippen molar-refractivity contribution >= 4 is 23.0 Å². The van der Waals surface area contributed by atoms with Crippen LogP contribution in [0.15, 0.2) is 18.2 Å². The van der Waals surface area contributed by atoms with Crippen molar-refractivity contribution in [3.8, 4) is 0 Å². The van der Waals surface area contributed by atoms with Crippen molar-refractivity contribution in [2.75, 3.05) is 5.32 Å². The van der Waals surface area contributed by atoms with Crippen molar-refractivity contribution in [1.82, 2.24) is 0 Å². The summed E-state index contributed by atoms with van der Waals surface area (Å²) in [7, 11) is 0. The van der Waals surface area contributed by atoms with E-state index in [2.05, 4.69) is 12.2 Å². The maximum atomic E-state index is 10.6. The Kier molecular flexibility index (Phi) is 4.07. The zero-order chi connectivity index (χ0) is 13.1. The van der Waals surface area contributed by atoms with E-state index in [1.807, 2.05) is 0 Å². The molecular weight excluding hydrogens is 252 g/mol. The molecule has 0 heterocycles. The summed E-state index contributed by atoms with van der Waals surface area (Å²) in [5, 5.41) is 14.4. The monoisotopic (exact) mass is 268 g/mol. The number of anilines is 1. The van der Waals surface area contributed by atoms with E-state index in [9.17, 15) is 10.1 Å². The van der Waals surface area contributed by atoms with Crippen LogP contribution in [0.5, 0.6) is 0 Å². The zero-order valence-electron chi connectivity index (χ0n) is 10.4. The van der Waals surface area contributed by atoms with Gasteiger partial charge in [-0.25, -0.2) is 0 Å². The van der Waals surface area contributed by atoms with E-state index in [1.54, 1.807) is 6.07 Å². The number of hydrogen-bond acceptors (Lipinski definition) is 3. The summed E-state index contributed by atoms with van der Waals surface area (Å²) in [5.74, 6) is 0.677. The summed E-state index contributed by atoms with van der Waals surface area (Å²) in [6, 6.07) is 4.92. The van der Waals surface area contributed by atoms with Crippen molar-refractivity contribution in [3.63, 3.8) is 0 Å². The number of rotatable bonds is 4. The first-order valence-electron chi connectivity index (χ1n) is 6.28. The molecule has 2 rings (SSSR count). The van der Waals surface area contributed by atoms with Crippen molar-refractivity contribution in [3.05, 3.63) is 33.3 Å². The molecule has 5 heteroatoms. The Morgan fingerprint density at radius 2 is 2.11 bits per heavy atom. The molecule has 0 amide bonds. The third-order valence-electron chi connectivity index (χ3n) is 3.65. The second kappa shape index (κ2) is 5.57. The third kappa shape index (κ3) is 2.93. The Bertz CT molecular complexity index is 445. The van der Waals surface area contributed by atoms with Crippen LogP contribution in [0.25, 0.3) is 0 Å². The van der Waals surface area contributed by atoms with Crippen LogP contribution < -0.4 is 5.32 Å². The van der Waals surface area contributed by atoms with Crippen LogP contribution in [0.4, 0.5) is 11.4 Å². The van der Waals surface area contributed by atoms with Crippen LogP contribution in [0, 0.1) is 16.0 Å². The van der Waals surface area contributed by atoms with Gasteiger partial charge in [-0.3, -0.25) is 10.1 Å². The molecule has 1 atom stereocenters. The first-order chi connectivity index (χ1) is 8.58. The number of nitrogens with one attached hydrogen (secondary N) is 1. The van der Waals surface area contributed by atoms with Gasteiger partial charge in [0.05, 0.1) is 15.6 Å². The van der Waals surface area contributed by atoms with Gasteiger partial charge < -0.3 is 5.32 Å². The van der Waals surface area contributed by atoms with E-state index >= 15 is 0 Å². The second-order valence-corrected chi connectivity index (χ2v) is 5.31. The average Bonchev–Trinajstić information content (AvgIpc) is 2.85. The molecule has 4 nitrogen and oxygen atoms in total. The van der Waals surface area contributed by atoms with Crippen LogP contribution in [0.3, 0.4) is 0 Å². The minimum atomic E-state index is -0.434. The molecule has 1 N–H and O–H groups in total. The van der Waals surface area contributed by atoms with Gasteiger partial charge in [-0.05, 0) is 31.7 Å². The molecule has 1 unspecified atom stereocenters. The van der Waals surface area contributed by atoms with Gasteiger partial charge in [-0.1, -0.05) is 24.4 Å². The molecule has 0 aromatic heterocycles. The Labute approximate surface area is 111 Å². The van der Waals surface area contributed by atoms with Gasteiger partial charge in [-0.15, -0.1) is 0 Å². The standard InChI is InChI=1S/C13H17ClN2O2/c1-9(10-4-2-3-5-10)15-13-7-6-11(16(17)18)8-12(13)14/h6-10,15H,2-5H2,1H3. The predicted molar refractivity (Wildman–Crippen MR) is 73.1 cm³/mol. The molecule has 0 radical (unpaired) electrons. The number of nitro groups is 1. The number of nitrogens with zero attached hydrogens (tertiary/aromatic N) is 1. The van der Waals surface area contributed by atoms with E-state index in [0.29, 0.717) is 17.0 Å². The van der Waals surface area contributed by atoms with Crippen molar-refractivity contribution in [1.29, 1.82) is 0 Å². The van der Waals surface area contributed by atoms with Crippen LogP contribution >= 0.6 is 11.6 Å². The highest BCUT2D eigenvalue weighted by Gasteiger charge is 2.22. The first kappa shape index (κ1) is 13.1. The van der Waals surface area contributed by atoms with E-state index < -0.39 is 4.92 Å². The van der Waals surface area contributed by atoms with Crippen LogP contribution in [-0.2, 0) is 0 Å². The average molecular weight is 269 g/mol. The molecule has 0 bridgehead atoms. The molecule has 0 saturated heterocycles. The Hall–Kier alpha value is -1.29. The molecule has 1 aliphatic rings. The fourth-order valence-electron chi connectivity index (χ4n) is 2.56. The highest BCUT2D eigenvalue weighted by molar-refractivity contribution is 6.33. The number of benzene rings is 1. The van der Waals surface area contributed by atoms with Crippen molar-refractivity contribution in [2.24, 2.45) is 5.92 Å². The van der Waals surface area contributed by atoms with Gasteiger partial charge in [0.15, 0.2) is 0 Å². The van der Waals surface area contributed by atoms with E-state index in [4.69, 9.17) is 11.6 Å². The summed E-state index contributed by atoms with van der Waals surface area (Å²) in [6.07, 6.45) is 5.09. The lowest BCUT2D eigenvalue weighted by atomic mass is 9.99. The number of nitro benzene ring substituents is 1. The molecular formula is C13H17ClN2O2. The normalized spacial score (nSPS) is 17.7. The summed E-state index contributed by atoms with van der Waals surface area (Å²) in [4.78, 5) is 10.2. The molecule has 1 aliphatic carbocycles. The fraction of sp³-hybridized carbons (Fsp3) is 0.538. The Morgan fingerprint density at radius 3 is 2.67 bits per heavy atom. The van der Waals surface area contributed by atoms with Gasteiger partial charge >= 0.3 is 0 Å². The summed E-state index contributed by atoms with van der Waals surface area (Å²) < 4.78 is 0. The Morgan fingerprint density at radius 1 is 1.44 bits per heavy atom.